The lowest BCUT2D eigenvalue weighted by Crippen LogP contribution is -2.13. The van der Waals surface area contributed by atoms with Crippen LogP contribution in [-0.2, 0) is 4.79 Å². The molecule has 0 unspecified atom stereocenters. The normalized spacial score (nSPS) is 10.1. The predicted molar refractivity (Wildman–Crippen MR) is 83.3 cm³/mol. The molecule has 0 aliphatic rings. The summed E-state index contributed by atoms with van der Waals surface area (Å²) in [6.07, 6.45) is 0. The highest BCUT2D eigenvalue weighted by molar-refractivity contribution is 8.00. The molecule has 0 fully saturated rings. The number of benzene rings is 2. The summed E-state index contributed by atoms with van der Waals surface area (Å²) in [7, 11) is 0. The highest BCUT2D eigenvalue weighted by Crippen LogP contribution is 2.21. The van der Waals surface area contributed by atoms with Crippen molar-refractivity contribution in [3.63, 3.8) is 0 Å². The van der Waals surface area contributed by atoms with Crippen molar-refractivity contribution in [1.29, 1.82) is 0 Å². The number of nitrogens with zero attached hydrogens (tertiary/aromatic N) is 1. The fourth-order valence-electron chi connectivity index (χ4n) is 1.62. The van der Waals surface area contributed by atoms with Crippen LogP contribution in [0.5, 0.6) is 0 Å². The van der Waals surface area contributed by atoms with Crippen molar-refractivity contribution < 1.29 is 9.72 Å². The maximum absolute atomic E-state index is 11.8. The molecular formula is C14H13N3O3S. The number of nitrogens with two attached hydrogens (primary N) is 1. The first-order valence-electron chi connectivity index (χ1n) is 6.07. The Labute approximate surface area is 125 Å². The number of nitro groups is 1. The van der Waals surface area contributed by atoms with E-state index in [0.29, 0.717) is 11.4 Å². The zero-order valence-corrected chi connectivity index (χ0v) is 11.8. The van der Waals surface area contributed by atoms with Crippen molar-refractivity contribution >= 4 is 34.7 Å². The van der Waals surface area contributed by atoms with Crippen molar-refractivity contribution in [2.75, 3.05) is 16.8 Å². The quantitative estimate of drug-likeness (QED) is 0.383. The lowest BCUT2D eigenvalue weighted by Gasteiger charge is -2.05. The Balaban J connectivity index is 1.88. The molecule has 0 atom stereocenters. The van der Waals surface area contributed by atoms with Gasteiger partial charge in [-0.25, -0.2) is 0 Å². The molecular weight excluding hydrogens is 290 g/mol. The second-order valence-corrected chi connectivity index (χ2v) is 5.26. The van der Waals surface area contributed by atoms with E-state index in [2.05, 4.69) is 5.32 Å². The van der Waals surface area contributed by atoms with Gasteiger partial charge in [0.2, 0.25) is 5.91 Å². The molecule has 0 saturated heterocycles. The Kier molecular flexibility index (Phi) is 4.78. The number of amides is 1. The molecule has 21 heavy (non-hydrogen) atoms. The van der Waals surface area contributed by atoms with Gasteiger partial charge in [-0.15, -0.1) is 11.8 Å². The van der Waals surface area contributed by atoms with Crippen LogP contribution < -0.4 is 11.1 Å². The van der Waals surface area contributed by atoms with Gasteiger partial charge in [-0.2, -0.15) is 0 Å². The number of carbonyl (C=O) groups is 1. The Bertz CT molecular complexity index is 659. The van der Waals surface area contributed by atoms with Gasteiger partial charge in [0.1, 0.15) is 0 Å². The standard InChI is InChI=1S/C14H13N3O3S/c15-10-2-1-3-13(8-10)21-9-14(18)16-11-4-6-12(7-5-11)17(19)20/h1-8H,9,15H2,(H,16,18). The van der Waals surface area contributed by atoms with Gasteiger partial charge < -0.3 is 11.1 Å². The molecule has 7 heteroatoms. The van der Waals surface area contributed by atoms with Crippen LogP contribution >= 0.6 is 11.8 Å². The van der Waals surface area contributed by atoms with Crippen molar-refractivity contribution in [1.82, 2.24) is 0 Å². The minimum atomic E-state index is -0.485. The molecule has 2 aromatic carbocycles. The topological polar surface area (TPSA) is 98.3 Å². The van der Waals surface area contributed by atoms with Crippen LogP contribution in [0.25, 0.3) is 0 Å². The van der Waals surface area contributed by atoms with Crippen molar-refractivity contribution in [3.8, 4) is 0 Å². The lowest BCUT2D eigenvalue weighted by molar-refractivity contribution is -0.384. The zero-order valence-electron chi connectivity index (χ0n) is 11.0. The molecule has 6 nitrogen and oxygen atoms in total. The molecule has 0 aliphatic heterocycles. The number of anilines is 2. The molecule has 2 aromatic rings. The van der Waals surface area contributed by atoms with Crippen LogP contribution in [0.4, 0.5) is 17.1 Å². The summed E-state index contributed by atoms with van der Waals surface area (Å²) in [4.78, 5) is 22.7. The fourth-order valence-corrected chi connectivity index (χ4v) is 2.38. The van der Waals surface area contributed by atoms with Crippen LogP contribution in [0.3, 0.4) is 0 Å². The van der Waals surface area contributed by atoms with Gasteiger partial charge in [0.15, 0.2) is 0 Å². The molecule has 0 radical (unpaired) electrons. The molecule has 0 bridgehead atoms. The summed E-state index contributed by atoms with van der Waals surface area (Å²) in [6, 6.07) is 13.0. The van der Waals surface area contributed by atoms with E-state index in [9.17, 15) is 14.9 Å². The third-order valence-corrected chi connectivity index (χ3v) is 3.58. The fraction of sp³-hybridized carbons (Fsp3) is 0.0714. The summed E-state index contributed by atoms with van der Waals surface area (Å²) in [6.45, 7) is 0. The van der Waals surface area contributed by atoms with E-state index in [-0.39, 0.29) is 17.3 Å². The summed E-state index contributed by atoms with van der Waals surface area (Å²) in [5, 5.41) is 13.2. The van der Waals surface area contributed by atoms with Crippen molar-refractivity contribution in [2.45, 2.75) is 4.90 Å². The molecule has 108 valence electrons. The first-order valence-corrected chi connectivity index (χ1v) is 7.06. The van der Waals surface area contributed by atoms with E-state index < -0.39 is 4.92 Å². The number of nitrogen functional groups attached to an aromatic ring is 1. The minimum Gasteiger partial charge on any atom is -0.399 e. The van der Waals surface area contributed by atoms with Crippen LogP contribution in [0.1, 0.15) is 0 Å². The number of thioether (sulfide) groups is 1. The number of nitrogens with one attached hydrogen (secondary N) is 1. The summed E-state index contributed by atoms with van der Waals surface area (Å²) in [5.74, 6) is 0.0525. The van der Waals surface area contributed by atoms with Gasteiger partial charge in [-0.1, -0.05) is 6.07 Å². The molecule has 3 N–H and O–H groups in total. The highest BCUT2D eigenvalue weighted by Gasteiger charge is 2.07. The highest BCUT2D eigenvalue weighted by atomic mass is 32.2. The monoisotopic (exact) mass is 303 g/mol. The number of nitro benzene ring substituents is 1. The van der Waals surface area contributed by atoms with E-state index in [1.54, 1.807) is 12.1 Å². The zero-order chi connectivity index (χ0) is 15.2. The molecule has 0 heterocycles. The summed E-state index contributed by atoms with van der Waals surface area (Å²) >= 11 is 1.37. The van der Waals surface area contributed by atoms with Crippen molar-refractivity contribution in [2.24, 2.45) is 0 Å². The van der Waals surface area contributed by atoms with Crippen LogP contribution in [0.15, 0.2) is 53.4 Å². The summed E-state index contributed by atoms with van der Waals surface area (Å²) in [5.41, 5.74) is 6.82. The van der Waals surface area contributed by atoms with Gasteiger partial charge >= 0.3 is 0 Å². The third-order valence-electron chi connectivity index (χ3n) is 2.59. The average molecular weight is 303 g/mol. The Morgan fingerprint density at radius 1 is 1.24 bits per heavy atom. The van der Waals surface area contributed by atoms with Gasteiger partial charge in [0, 0.05) is 28.4 Å². The van der Waals surface area contributed by atoms with Crippen LogP contribution in [-0.4, -0.2) is 16.6 Å². The van der Waals surface area contributed by atoms with E-state index in [4.69, 9.17) is 5.73 Å². The minimum absolute atomic E-state index is 0.0119. The maximum atomic E-state index is 11.8. The molecule has 0 aliphatic carbocycles. The number of hydrogen-bond acceptors (Lipinski definition) is 5. The molecule has 0 saturated carbocycles. The van der Waals surface area contributed by atoms with Gasteiger partial charge in [0.05, 0.1) is 10.7 Å². The number of carbonyl (C=O) groups excluding carboxylic acids is 1. The lowest BCUT2D eigenvalue weighted by atomic mass is 10.3. The Hall–Kier alpha value is -2.54. The Morgan fingerprint density at radius 3 is 2.57 bits per heavy atom. The Morgan fingerprint density at radius 2 is 1.95 bits per heavy atom. The first-order chi connectivity index (χ1) is 10.0. The van der Waals surface area contributed by atoms with E-state index in [1.807, 2.05) is 12.1 Å². The SMILES string of the molecule is Nc1cccc(SCC(=O)Nc2ccc([N+](=O)[O-])cc2)c1. The van der Waals surface area contributed by atoms with Gasteiger partial charge in [-0.3, -0.25) is 14.9 Å². The second-order valence-electron chi connectivity index (χ2n) is 4.21. The largest absolute Gasteiger partial charge is 0.399 e. The molecule has 0 spiro atoms. The molecule has 1 amide bonds. The number of rotatable bonds is 5. The summed E-state index contributed by atoms with van der Waals surface area (Å²) < 4.78 is 0. The van der Waals surface area contributed by atoms with Crippen LogP contribution in [0, 0.1) is 10.1 Å². The molecule has 2 rings (SSSR count). The van der Waals surface area contributed by atoms with E-state index >= 15 is 0 Å². The maximum Gasteiger partial charge on any atom is 0.269 e. The van der Waals surface area contributed by atoms with Crippen molar-refractivity contribution in [3.05, 3.63) is 58.6 Å². The van der Waals surface area contributed by atoms with E-state index in [1.165, 1.54) is 36.0 Å². The van der Waals surface area contributed by atoms with E-state index in [0.717, 1.165) is 4.90 Å². The first kappa shape index (κ1) is 14.9. The van der Waals surface area contributed by atoms with Crippen LogP contribution in [0.2, 0.25) is 0 Å². The molecule has 0 aromatic heterocycles. The number of hydrogen-bond donors (Lipinski definition) is 2. The third kappa shape index (κ3) is 4.50. The number of non-ortho nitro benzene ring substituents is 1. The predicted octanol–water partition coefficient (Wildman–Crippen LogP) is 2.91. The second kappa shape index (κ2) is 6.76. The average Bonchev–Trinajstić information content (AvgIpc) is 2.46. The smallest absolute Gasteiger partial charge is 0.269 e. The van der Waals surface area contributed by atoms with Gasteiger partial charge in [-0.05, 0) is 30.3 Å². The van der Waals surface area contributed by atoms with Gasteiger partial charge in [0.25, 0.3) is 5.69 Å².